The van der Waals surface area contributed by atoms with Gasteiger partial charge in [-0.1, -0.05) is 19.1 Å². The number of nitrogens with zero attached hydrogens (tertiary/aromatic N) is 1. The maximum atomic E-state index is 11.7. The number of aromatic nitrogens is 1. The van der Waals surface area contributed by atoms with E-state index in [0.717, 1.165) is 5.52 Å². The van der Waals surface area contributed by atoms with Crippen molar-refractivity contribution in [2.75, 3.05) is 0 Å². The van der Waals surface area contributed by atoms with Gasteiger partial charge in [-0.3, -0.25) is 4.57 Å². The van der Waals surface area contributed by atoms with Gasteiger partial charge < -0.3 is 9.52 Å². The second-order valence-electron chi connectivity index (χ2n) is 3.92. The molecule has 2 atom stereocenters. The van der Waals surface area contributed by atoms with Gasteiger partial charge in [0.15, 0.2) is 5.58 Å². The molecule has 0 saturated heterocycles. The zero-order valence-electron chi connectivity index (χ0n) is 9.38. The first-order valence-corrected chi connectivity index (χ1v) is 5.43. The molecule has 0 spiro atoms. The van der Waals surface area contributed by atoms with Crippen molar-refractivity contribution in [2.45, 2.75) is 32.4 Å². The molecular formula is C12H15NO3. The summed E-state index contributed by atoms with van der Waals surface area (Å²) in [6.45, 7) is 3.70. The molecule has 1 aromatic heterocycles. The van der Waals surface area contributed by atoms with Crippen LogP contribution in [0.2, 0.25) is 0 Å². The minimum absolute atomic E-state index is 0.277. The van der Waals surface area contributed by atoms with E-state index >= 15 is 0 Å². The minimum Gasteiger partial charge on any atom is -0.408 e. The van der Waals surface area contributed by atoms with Crippen molar-refractivity contribution in [1.29, 1.82) is 0 Å². The molecule has 0 fully saturated rings. The van der Waals surface area contributed by atoms with Crippen molar-refractivity contribution in [1.82, 2.24) is 4.57 Å². The summed E-state index contributed by atoms with van der Waals surface area (Å²) in [4.78, 5) is 11.7. The number of para-hydroxylation sites is 2. The van der Waals surface area contributed by atoms with Gasteiger partial charge >= 0.3 is 5.76 Å². The molecule has 1 heterocycles. The second-order valence-corrected chi connectivity index (χ2v) is 3.92. The summed E-state index contributed by atoms with van der Waals surface area (Å²) in [6.07, 6.45) is 0.0614. The number of benzene rings is 1. The number of rotatable bonds is 3. The normalized spacial score (nSPS) is 15.2. The molecule has 2 aromatic rings. The third-order valence-electron chi connectivity index (χ3n) is 2.90. The van der Waals surface area contributed by atoms with Crippen molar-refractivity contribution in [3.63, 3.8) is 0 Å². The lowest BCUT2D eigenvalue weighted by Crippen LogP contribution is -2.27. The fourth-order valence-corrected chi connectivity index (χ4v) is 1.88. The van der Waals surface area contributed by atoms with Gasteiger partial charge in [-0.2, -0.15) is 0 Å². The molecule has 0 aliphatic rings. The van der Waals surface area contributed by atoms with Crippen LogP contribution < -0.4 is 5.76 Å². The molecule has 0 saturated carbocycles. The lowest BCUT2D eigenvalue weighted by atomic mass is 10.1. The highest BCUT2D eigenvalue weighted by atomic mass is 16.4. The number of aliphatic hydroxyl groups is 1. The number of hydrogen-bond donors (Lipinski definition) is 1. The zero-order valence-corrected chi connectivity index (χ0v) is 9.38. The van der Waals surface area contributed by atoms with E-state index in [9.17, 15) is 9.90 Å². The van der Waals surface area contributed by atoms with E-state index < -0.39 is 11.9 Å². The van der Waals surface area contributed by atoms with Crippen molar-refractivity contribution >= 4 is 11.1 Å². The fourth-order valence-electron chi connectivity index (χ4n) is 1.88. The third-order valence-corrected chi connectivity index (χ3v) is 2.90. The van der Waals surface area contributed by atoms with Crippen LogP contribution in [0.3, 0.4) is 0 Å². The number of fused-ring (bicyclic) bond motifs is 1. The molecular weight excluding hydrogens is 206 g/mol. The largest absolute Gasteiger partial charge is 0.420 e. The van der Waals surface area contributed by atoms with Crippen LogP contribution in [-0.2, 0) is 0 Å². The SMILES string of the molecule is CCC(O)C(C)n1c(=O)oc2ccccc21. The molecule has 16 heavy (non-hydrogen) atoms. The predicted molar refractivity (Wildman–Crippen MR) is 61.5 cm³/mol. The molecule has 86 valence electrons. The van der Waals surface area contributed by atoms with Crippen molar-refractivity contribution < 1.29 is 9.52 Å². The molecule has 2 rings (SSSR count). The molecule has 2 unspecified atom stereocenters. The minimum atomic E-state index is -0.543. The summed E-state index contributed by atoms with van der Waals surface area (Å²) in [5.41, 5.74) is 1.29. The molecule has 4 heteroatoms. The summed E-state index contributed by atoms with van der Waals surface area (Å²) >= 11 is 0. The van der Waals surface area contributed by atoms with Gasteiger partial charge in [0.1, 0.15) is 0 Å². The fraction of sp³-hybridized carbons (Fsp3) is 0.417. The van der Waals surface area contributed by atoms with Gasteiger partial charge in [-0.15, -0.1) is 0 Å². The van der Waals surface area contributed by atoms with Crippen LogP contribution in [0.1, 0.15) is 26.3 Å². The topological polar surface area (TPSA) is 55.4 Å². The number of oxazole rings is 1. The summed E-state index contributed by atoms with van der Waals surface area (Å²) in [5.74, 6) is -0.416. The highest BCUT2D eigenvalue weighted by Crippen LogP contribution is 2.19. The molecule has 0 bridgehead atoms. The van der Waals surface area contributed by atoms with Gasteiger partial charge in [0.2, 0.25) is 0 Å². The van der Waals surface area contributed by atoms with Crippen LogP contribution in [0.15, 0.2) is 33.5 Å². The van der Waals surface area contributed by atoms with Crippen LogP contribution >= 0.6 is 0 Å². The van der Waals surface area contributed by atoms with Crippen LogP contribution in [-0.4, -0.2) is 15.8 Å². The first-order valence-electron chi connectivity index (χ1n) is 5.43. The highest BCUT2D eigenvalue weighted by molar-refractivity contribution is 5.72. The third kappa shape index (κ3) is 1.65. The predicted octanol–water partition coefficient (Wildman–Crippen LogP) is 1.93. The van der Waals surface area contributed by atoms with E-state index in [4.69, 9.17) is 4.42 Å². The van der Waals surface area contributed by atoms with E-state index in [1.165, 1.54) is 4.57 Å². The van der Waals surface area contributed by atoms with Crippen LogP contribution in [0.25, 0.3) is 11.1 Å². The maximum Gasteiger partial charge on any atom is 0.420 e. The van der Waals surface area contributed by atoms with Gasteiger partial charge in [0, 0.05) is 0 Å². The molecule has 0 aliphatic carbocycles. The standard InChI is InChI=1S/C12H15NO3/c1-3-10(14)8(2)13-9-6-4-5-7-11(9)16-12(13)15/h4-8,10,14H,3H2,1-2H3. The monoisotopic (exact) mass is 221 g/mol. The maximum absolute atomic E-state index is 11.7. The van der Waals surface area contributed by atoms with E-state index in [1.807, 2.05) is 32.0 Å². The van der Waals surface area contributed by atoms with Crippen LogP contribution in [0, 0.1) is 0 Å². The van der Waals surface area contributed by atoms with Gasteiger partial charge in [-0.05, 0) is 25.5 Å². The Balaban J connectivity index is 2.59. The van der Waals surface area contributed by atoms with E-state index in [-0.39, 0.29) is 6.04 Å². The van der Waals surface area contributed by atoms with Crippen molar-refractivity contribution in [2.24, 2.45) is 0 Å². The summed E-state index contributed by atoms with van der Waals surface area (Å²) in [5, 5.41) is 9.78. The van der Waals surface area contributed by atoms with Crippen LogP contribution in [0.5, 0.6) is 0 Å². The lowest BCUT2D eigenvalue weighted by Gasteiger charge is -2.17. The Bertz CT molecular complexity index is 540. The zero-order chi connectivity index (χ0) is 11.7. The first-order chi connectivity index (χ1) is 7.65. The average Bonchev–Trinajstić information content (AvgIpc) is 2.63. The number of aliphatic hydroxyl groups excluding tert-OH is 1. The molecule has 1 aromatic carbocycles. The summed E-state index contributed by atoms with van der Waals surface area (Å²) in [6, 6.07) is 6.95. The van der Waals surface area contributed by atoms with Crippen LogP contribution in [0.4, 0.5) is 0 Å². The quantitative estimate of drug-likeness (QED) is 0.861. The molecule has 0 aliphatic heterocycles. The second kappa shape index (κ2) is 4.14. The Morgan fingerprint density at radius 2 is 2.12 bits per heavy atom. The van der Waals surface area contributed by atoms with E-state index in [0.29, 0.717) is 12.0 Å². The first kappa shape index (κ1) is 11.0. The number of hydrogen-bond acceptors (Lipinski definition) is 3. The smallest absolute Gasteiger partial charge is 0.408 e. The molecule has 0 amide bonds. The molecule has 1 N–H and O–H groups in total. The summed E-state index contributed by atoms with van der Waals surface area (Å²) < 4.78 is 6.61. The van der Waals surface area contributed by atoms with Crippen molar-refractivity contribution in [3.05, 3.63) is 34.8 Å². The Labute approximate surface area is 93.1 Å². The lowest BCUT2D eigenvalue weighted by molar-refractivity contribution is 0.115. The average molecular weight is 221 g/mol. The van der Waals surface area contributed by atoms with Gasteiger partial charge in [-0.25, -0.2) is 4.79 Å². The summed E-state index contributed by atoms with van der Waals surface area (Å²) in [7, 11) is 0. The van der Waals surface area contributed by atoms with E-state index in [2.05, 4.69) is 0 Å². The molecule has 4 nitrogen and oxygen atoms in total. The highest BCUT2D eigenvalue weighted by Gasteiger charge is 2.19. The Hall–Kier alpha value is -1.55. The van der Waals surface area contributed by atoms with E-state index in [1.54, 1.807) is 6.07 Å². The van der Waals surface area contributed by atoms with Gasteiger partial charge in [0.05, 0.1) is 17.7 Å². The Kier molecular flexibility index (Phi) is 2.83. The Morgan fingerprint density at radius 3 is 2.81 bits per heavy atom. The van der Waals surface area contributed by atoms with Gasteiger partial charge in [0.25, 0.3) is 0 Å². The Morgan fingerprint density at radius 1 is 1.44 bits per heavy atom. The van der Waals surface area contributed by atoms with Crippen molar-refractivity contribution in [3.8, 4) is 0 Å². The molecule has 0 radical (unpaired) electrons.